The van der Waals surface area contributed by atoms with Crippen molar-refractivity contribution in [3.63, 3.8) is 0 Å². The van der Waals surface area contributed by atoms with E-state index >= 15 is 0 Å². The van der Waals surface area contributed by atoms with E-state index in [-0.39, 0.29) is 29.5 Å². The topological polar surface area (TPSA) is 72.5 Å². The van der Waals surface area contributed by atoms with Gasteiger partial charge in [-0.05, 0) is 29.8 Å². The number of amides is 1. The Morgan fingerprint density at radius 1 is 0.821 bits per heavy atom. The fourth-order valence-electron chi connectivity index (χ4n) is 3.48. The first-order valence-corrected chi connectivity index (χ1v) is 8.83. The van der Waals surface area contributed by atoms with Gasteiger partial charge >= 0.3 is 0 Å². The number of ketones is 2. The third-order valence-corrected chi connectivity index (χ3v) is 4.77. The van der Waals surface area contributed by atoms with Gasteiger partial charge in [-0.1, -0.05) is 42.5 Å². The molecule has 0 aliphatic heterocycles. The number of carbonyl (C=O) groups excluding carboxylic acids is 3. The lowest BCUT2D eigenvalue weighted by Crippen LogP contribution is -2.14. The Morgan fingerprint density at radius 3 is 2.25 bits per heavy atom. The third kappa shape index (κ3) is 2.97. The molecule has 5 nitrogen and oxygen atoms in total. The maximum Gasteiger partial charge on any atom is 0.255 e. The second-order valence-corrected chi connectivity index (χ2v) is 6.45. The standard InChI is InChI=1S/C23H17NO4/c1-28-20-10-6-5-9-15(20)16-11-12-17(22-19(26)13-18(25)21(16)22)24-23(27)14-7-3-2-4-8-14/h2-12H,13H2,1H3,(H,24,27). The molecule has 0 atom stereocenters. The van der Waals surface area contributed by atoms with Crippen LogP contribution in [0.25, 0.3) is 11.1 Å². The number of fused-ring (bicyclic) bond motifs is 1. The normalized spacial score (nSPS) is 12.6. The molecule has 4 rings (SSSR count). The average Bonchev–Trinajstić information content (AvgIpc) is 3.03. The fourth-order valence-corrected chi connectivity index (χ4v) is 3.48. The molecule has 1 aliphatic carbocycles. The smallest absolute Gasteiger partial charge is 0.255 e. The number of methoxy groups -OCH3 is 1. The van der Waals surface area contributed by atoms with Crippen LogP contribution >= 0.6 is 0 Å². The Morgan fingerprint density at radius 2 is 1.50 bits per heavy atom. The van der Waals surface area contributed by atoms with Crippen molar-refractivity contribution >= 4 is 23.2 Å². The highest BCUT2D eigenvalue weighted by molar-refractivity contribution is 6.29. The van der Waals surface area contributed by atoms with E-state index < -0.39 is 0 Å². The predicted octanol–water partition coefficient (Wildman–Crippen LogP) is 4.38. The SMILES string of the molecule is COc1ccccc1-c1ccc(NC(=O)c2ccccc2)c2c1C(=O)CC2=O. The minimum atomic E-state index is -0.333. The molecule has 0 unspecified atom stereocenters. The van der Waals surface area contributed by atoms with Crippen molar-refractivity contribution in [1.82, 2.24) is 0 Å². The first kappa shape index (κ1) is 17.7. The average molecular weight is 371 g/mol. The minimum absolute atomic E-state index is 0.199. The molecule has 0 saturated carbocycles. The number of ether oxygens (including phenoxy) is 1. The van der Waals surface area contributed by atoms with Crippen LogP contribution in [0, 0.1) is 0 Å². The number of anilines is 1. The Labute approximate surface area is 162 Å². The second-order valence-electron chi connectivity index (χ2n) is 6.45. The van der Waals surface area contributed by atoms with Crippen molar-refractivity contribution in [1.29, 1.82) is 0 Å². The van der Waals surface area contributed by atoms with Crippen LogP contribution in [0.4, 0.5) is 5.69 Å². The van der Waals surface area contributed by atoms with E-state index in [9.17, 15) is 14.4 Å². The highest BCUT2D eigenvalue weighted by atomic mass is 16.5. The van der Waals surface area contributed by atoms with Gasteiger partial charge in [-0.15, -0.1) is 0 Å². The molecular weight excluding hydrogens is 354 g/mol. The number of hydrogen-bond donors (Lipinski definition) is 1. The molecule has 3 aromatic carbocycles. The molecule has 3 aromatic rings. The number of nitrogens with one attached hydrogen (secondary N) is 1. The van der Waals surface area contributed by atoms with E-state index in [1.54, 1.807) is 49.6 Å². The van der Waals surface area contributed by atoms with Gasteiger partial charge < -0.3 is 10.1 Å². The fraction of sp³-hybridized carbons (Fsp3) is 0.0870. The zero-order valence-corrected chi connectivity index (χ0v) is 15.2. The number of carbonyl (C=O) groups is 3. The van der Waals surface area contributed by atoms with Gasteiger partial charge in [-0.3, -0.25) is 14.4 Å². The summed E-state index contributed by atoms with van der Waals surface area (Å²) in [5, 5.41) is 2.77. The summed E-state index contributed by atoms with van der Waals surface area (Å²) in [7, 11) is 1.56. The predicted molar refractivity (Wildman–Crippen MR) is 106 cm³/mol. The van der Waals surface area contributed by atoms with Crippen LogP contribution < -0.4 is 10.1 Å². The number of Topliss-reactive ketones (excluding diaryl/α,β-unsaturated/α-hetero) is 2. The first-order chi connectivity index (χ1) is 13.6. The zero-order chi connectivity index (χ0) is 19.7. The summed E-state index contributed by atoms with van der Waals surface area (Å²) in [5.41, 5.74) is 2.77. The van der Waals surface area contributed by atoms with Crippen molar-refractivity contribution in [3.05, 3.63) is 83.4 Å². The van der Waals surface area contributed by atoms with Crippen molar-refractivity contribution in [3.8, 4) is 16.9 Å². The summed E-state index contributed by atoms with van der Waals surface area (Å²) in [4.78, 5) is 37.7. The van der Waals surface area contributed by atoms with E-state index in [4.69, 9.17) is 4.74 Å². The van der Waals surface area contributed by atoms with Crippen LogP contribution in [0.15, 0.2) is 66.7 Å². The van der Waals surface area contributed by atoms with E-state index in [0.717, 1.165) is 5.56 Å². The molecule has 1 amide bonds. The van der Waals surface area contributed by atoms with E-state index in [1.807, 2.05) is 24.3 Å². The van der Waals surface area contributed by atoms with Gasteiger partial charge in [0.15, 0.2) is 11.6 Å². The van der Waals surface area contributed by atoms with Crippen molar-refractivity contribution in [2.75, 3.05) is 12.4 Å². The van der Waals surface area contributed by atoms with Crippen LogP contribution in [-0.4, -0.2) is 24.6 Å². The quantitative estimate of drug-likeness (QED) is 0.691. The first-order valence-electron chi connectivity index (χ1n) is 8.83. The molecule has 0 heterocycles. The summed E-state index contributed by atoms with van der Waals surface area (Å²) in [6.45, 7) is 0. The van der Waals surface area contributed by atoms with Gasteiger partial charge in [0.25, 0.3) is 5.91 Å². The van der Waals surface area contributed by atoms with Gasteiger partial charge in [0.1, 0.15) is 5.75 Å². The van der Waals surface area contributed by atoms with Crippen LogP contribution in [0.5, 0.6) is 5.75 Å². The zero-order valence-electron chi connectivity index (χ0n) is 15.2. The lowest BCUT2D eigenvalue weighted by Gasteiger charge is -2.15. The number of rotatable bonds is 4. The van der Waals surface area contributed by atoms with E-state index in [2.05, 4.69) is 5.32 Å². The van der Waals surface area contributed by atoms with Gasteiger partial charge in [-0.25, -0.2) is 0 Å². The summed E-state index contributed by atoms with van der Waals surface area (Å²) < 4.78 is 5.41. The van der Waals surface area contributed by atoms with Crippen LogP contribution in [0.2, 0.25) is 0 Å². The number of benzene rings is 3. The second kappa shape index (κ2) is 7.12. The molecule has 5 heteroatoms. The van der Waals surface area contributed by atoms with E-state index in [1.165, 1.54) is 0 Å². The summed E-state index contributed by atoms with van der Waals surface area (Å²) in [6.07, 6.45) is -0.199. The van der Waals surface area contributed by atoms with Crippen LogP contribution in [0.3, 0.4) is 0 Å². The van der Waals surface area contributed by atoms with Crippen molar-refractivity contribution in [2.45, 2.75) is 6.42 Å². The summed E-state index contributed by atoms with van der Waals surface area (Å²) in [6, 6.07) is 19.4. The molecule has 0 radical (unpaired) electrons. The summed E-state index contributed by atoms with van der Waals surface area (Å²) >= 11 is 0. The van der Waals surface area contributed by atoms with Gasteiger partial charge in [-0.2, -0.15) is 0 Å². The molecule has 0 spiro atoms. The molecule has 0 saturated heterocycles. The van der Waals surface area contributed by atoms with Crippen molar-refractivity contribution in [2.24, 2.45) is 0 Å². The van der Waals surface area contributed by atoms with Gasteiger partial charge in [0.2, 0.25) is 0 Å². The third-order valence-electron chi connectivity index (χ3n) is 4.77. The highest BCUT2D eigenvalue weighted by Gasteiger charge is 2.34. The van der Waals surface area contributed by atoms with Gasteiger partial charge in [0.05, 0.1) is 24.8 Å². The number of para-hydroxylation sites is 1. The highest BCUT2D eigenvalue weighted by Crippen LogP contribution is 2.40. The van der Waals surface area contributed by atoms with Crippen molar-refractivity contribution < 1.29 is 19.1 Å². The maximum absolute atomic E-state index is 12.6. The molecule has 0 aromatic heterocycles. The molecule has 28 heavy (non-hydrogen) atoms. The molecule has 1 aliphatic rings. The monoisotopic (exact) mass is 371 g/mol. The Kier molecular flexibility index (Phi) is 4.49. The largest absolute Gasteiger partial charge is 0.496 e. The lowest BCUT2D eigenvalue weighted by molar-refractivity contribution is 0.0923. The molecular formula is C23H17NO4. The Hall–Kier alpha value is -3.73. The Balaban J connectivity index is 1.83. The minimum Gasteiger partial charge on any atom is -0.496 e. The van der Waals surface area contributed by atoms with E-state index in [0.29, 0.717) is 28.1 Å². The molecule has 1 N–H and O–H groups in total. The molecule has 0 bridgehead atoms. The molecule has 138 valence electrons. The van der Waals surface area contributed by atoms with Gasteiger partial charge in [0, 0.05) is 16.7 Å². The van der Waals surface area contributed by atoms with Crippen LogP contribution in [0.1, 0.15) is 37.5 Å². The lowest BCUT2D eigenvalue weighted by atomic mass is 9.94. The van der Waals surface area contributed by atoms with Crippen LogP contribution in [-0.2, 0) is 0 Å². The maximum atomic E-state index is 12.6. The molecule has 0 fully saturated rings. The summed E-state index contributed by atoms with van der Waals surface area (Å²) in [5.74, 6) is -0.269. The number of hydrogen-bond acceptors (Lipinski definition) is 4. The Bertz CT molecular complexity index is 1100.